The fourth-order valence-electron chi connectivity index (χ4n) is 3.27. The molecule has 5 heteroatoms. The Balaban J connectivity index is 1.90. The molecule has 1 aromatic rings. The molecule has 0 aliphatic carbocycles. The van der Waals surface area contributed by atoms with Crippen molar-refractivity contribution in [3.8, 4) is 5.75 Å². The summed E-state index contributed by atoms with van der Waals surface area (Å²) in [4.78, 5) is 13.7. The minimum Gasteiger partial charge on any atom is -0.486 e. The van der Waals surface area contributed by atoms with Crippen molar-refractivity contribution in [2.45, 2.75) is 51.4 Å². The lowest BCUT2D eigenvalue weighted by molar-refractivity contribution is -0.117. The number of benzene rings is 1. The quantitative estimate of drug-likeness (QED) is 0.896. The van der Waals surface area contributed by atoms with Gasteiger partial charge in [-0.3, -0.25) is 4.79 Å². The van der Waals surface area contributed by atoms with Crippen LogP contribution in [0.15, 0.2) is 18.2 Å². The van der Waals surface area contributed by atoms with Crippen LogP contribution in [0.2, 0.25) is 0 Å². The van der Waals surface area contributed by atoms with Gasteiger partial charge in [0.05, 0.1) is 18.3 Å². The van der Waals surface area contributed by atoms with Gasteiger partial charge in [0.1, 0.15) is 11.9 Å². The Morgan fingerprint density at radius 2 is 2.36 bits per heavy atom. The number of amides is 1. The number of anilines is 1. The third-order valence-corrected chi connectivity index (χ3v) is 4.61. The summed E-state index contributed by atoms with van der Waals surface area (Å²) in [7, 11) is 0. The van der Waals surface area contributed by atoms with E-state index in [1.807, 2.05) is 18.2 Å². The van der Waals surface area contributed by atoms with E-state index in [1.54, 1.807) is 11.8 Å². The van der Waals surface area contributed by atoms with Crippen LogP contribution in [0, 0.1) is 0 Å². The minimum atomic E-state index is -0.550. The molecule has 5 nitrogen and oxygen atoms in total. The average molecular weight is 304 g/mol. The highest BCUT2D eigenvalue weighted by Gasteiger charge is 2.30. The van der Waals surface area contributed by atoms with Gasteiger partial charge in [-0.25, -0.2) is 0 Å². The number of carbonyl (C=O) groups excluding carboxylic acids is 1. The highest BCUT2D eigenvalue weighted by atomic mass is 16.5. The molecule has 120 valence electrons. The number of rotatable bonds is 3. The van der Waals surface area contributed by atoms with Gasteiger partial charge < -0.3 is 20.1 Å². The molecule has 1 fully saturated rings. The maximum atomic E-state index is 12.0. The minimum absolute atomic E-state index is 0.00799. The number of hydrogen-bond donors (Lipinski definition) is 2. The Morgan fingerprint density at radius 1 is 1.55 bits per heavy atom. The molecule has 0 saturated carbocycles. The van der Waals surface area contributed by atoms with Crippen LogP contribution in [0.5, 0.6) is 5.75 Å². The summed E-state index contributed by atoms with van der Waals surface area (Å²) in [6.07, 6.45) is 2.41. The summed E-state index contributed by atoms with van der Waals surface area (Å²) >= 11 is 0. The van der Waals surface area contributed by atoms with Crippen LogP contribution in [0.1, 0.15) is 44.8 Å². The van der Waals surface area contributed by atoms with Gasteiger partial charge in [0.15, 0.2) is 0 Å². The topological polar surface area (TPSA) is 61.8 Å². The molecule has 3 unspecified atom stereocenters. The lowest BCUT2D eigenvalue weighted by Crippen LogP contribution is -2.42. The molecule has 1 amide bonds. The number of hydrogen-bond acceptors (Lipinski definition) is 4. The Hall–Kier alpha value is -1.59. The van der Waals surface area contributed by atoms with Gasteiger partial charge in [-0.15, -0.1) is 0 Å². The summed E-state index contributed by atoms with van der Waals surface area (Å²) in [5, 5.41) is 13.9. The number of ether oxygens (including phenoxy) is 1. The highest BCUT2D eigenvalue weighted by molar-refractivity contribution is 5.93. The maximum absolute atomic E-state index is 12.0. The smallest absolute Gasteiger partial charge is 0.224 e. The van der Waals surface area contributed by atoms with E-state index in [9.17, 15) is 9.90 Å². The summed E-state index contributed by atoms with van der Waals surface area (Å²) in [5.74, 6) is 0.734. The van der Waals surface area contributed by atoms with E-state index >= 15 is 0 Å². The first kappa shape index (κ1) is 15.3. The fraction of sp³-hybridized carbons (Fsp3) is 0.588. The van der Waals surface area contributed by atoms with Gasteiger partial charge in [-0.2, -0.15) is 0 Å². The molecular formula is C17H24N2O3. The first-order valence-electron chi connectivity index (χ1n) is 8.10. The molecule has 2 aliphatic rings. The van der Waals surface area contributed by atoms with E-state index in [2.05, 4.69) is 12.2 Å². The predicted octanol–water partition coefficient (Wildman–Crippen LogP) is 2.00. The van der Waals surface area contributed by atoms with Gasteiger partial charge in [0, 0.05) is 13.0 Å². The number of nitrogens with zero attached hydrogens (tertiary/aromatic N) is 1. The fourth-order valence-corrected chi connectivity index (χ4v) is 3.27. The SMILES string of the molecule is CCC1CN(C(C)=O)c2cc(C(O)C3CCCN3)ccc2O1. The van der Waals surface area contributed by atoms with Crippen LogP contribution in [0.25, 0.3) is 0 Å². The molecule has 0 aromatic heterocycles. The van der Waals surface area contributed by atoms with Gasteiger partial charge in [-0.05, 0) is 43.5 Å². The second-order valence-corrected chi connectivity index (χ2v) is 6.15. The van der Waals surface area contributed by atoms with Crippen molar-refractivity contribution in [2.24, 2.45) is 0 Å². The van der Waals surface area contributed by atoms with E-state index in [-0.39, 0.29) is 18.1 Å². The normalized spacial score (nSPS) is 25.5. The number of aliphatic hydroxyl groups is 1. The number of aliphatic hydroxyl groups excluding tert-OH is 1. The van der Waals surface area contributed by atoms with Crippen molar-refractivity contribution in [1.82, 2.24) is 5.32 Å². The van der Waals surface area contributed by atoms with Crippen LogP contribution >= 0.6 is 0 Å². The molecule has 2 aliphatic heterocycles. The van der Waals surface area contributed by atoms with Crippen LogP contribution in [0.3, 0.4) is 0 Å². The summed E-state index contributed by atoms with van der Waals surface area (Å²) in [5.41, 5.74) is 1.61. The Bertz CT molecular complexity index is 555. The number of fused-ring (bicyclic) bond motifs is 1. The monoisotopic (exact) mass is 304 g/mol. The molecule has 0 bridgehead atoms. The summed E-state index contributed by atoms with van der Waals surface area (Å²) in [6.45, 7) is 5.15. The first-order valence-corrected chi connectivity index (χ1v) is 8.10. The molecule has 2 heterocycles. The van der Waals surface area contributed by atoms with E-state index < -0.39 is 6.10 Å². The van der Waals surface area contributed by atoms with Crippen LogP contribution < -0.4 is 15.0 Å². The lowest BCUT2D eigenvalue weighted by Gasteiger charge is -2.34. The summed E-state index contributed by atoms with van der Waals surface area (Å²) < 4.78 is 5.93. The predicted molar refractivity (Wildman–Crippen MR) is 85.2 cm³/mol. The van der Waals surface area contributed by atoms with Crippen molar-refractivity contribution in [3.05, 3.63) is 23.8 Å². The zero-order valence-corrected chi connectivity index (χ0v) is 13.2. The highest BCUT2D eigenvalue weighted by Crippen LogP contribution is 2.37. The molecule has 0 radical (unpaired) electrons. The van der Waals surface area contributed by atoms with E-state index in [0.29, 0.717) is 6.54 Å². The molecule has 0 spiro atoms. The second-order valence-electron chi connectivity index (χ2n) is 6.15. The maximum Gasteiger partial charge on any atom is 0.224 e. The molecule has 2 N–H and O–H groups in total. The van der Waals surface area contributed by atoms with Crippen molar-refractivity contribution < 1.29 is 14.6 Å². The molecule has 22 heavy (non-hydrogen) atoms. The van der Waals surface area contributed by atoms with Crippen molar-refractivity contribution in [3.63, 3.8) is 0 Å². The van der Waals surface area contributed by atoms with Crippen molar-refractivity contribution >= 4 is 11.6 Å². The summed E-state index contributed by atoms with van der Waals surface area (Å²) in [6, 6.07) is 5.77. The molecule has 3 atom stereocenters. The van der Waals surface area contributed by atoms with E-state index in [4.69, 9.17) is 4.74 Å². The van der Waals surface area contributed by atoms with Gasteiger partial charge in [-0.1, -0.05) is 13.0 Å². The lowest BCUT2D eigenvalue weighted by atomic mass is 9.99. The van der Waals surface area contributed by atoms with Gasteiger partial charge in [0.2, 0.25) is 5.91 Å². The Labute approximate surface area is 131 Å². The zero-order valence-electron chi connectivity index (χ0n) is 13.2. The van der Waals surface area contributed by atoms with Gasteiger partial charge >= 0.3 is 0 Å². The largest absolute Gasteiger partial charge is 0.486 e. The van der Waals surface area contributed by atoms with Crippen molar-refractivity contribution in [1.29, 1.82) is 0 Å². The van der Waals surface area contributed by atoms with Crippen LogP contribution in [-0.2, 0) is 4.79 Å². The molecule has 1 aromatic carbocycles. The zero-order chi connectivity index (χ0) is 15.7. The Morgan fingerprint density at radius 3 is 3.00 bits per heavy atom. The number of carbonyl (C=O) groups is 1. The van der Waals surface area contributed by atoms with Gasteiger partial charge in [0.25, 0.3) is 0 Å². The van der Waals surface area contributed by atoms with Crippen molar-refractivity contribution in [2.75, 3.05) is 18.0 Å². The molecular weight excluding hydrogens is 280 g/mol. The number of nitrogens with one attached hydrogen (secondary N) is 1. The Kier molecular flexibility index (Phi) is 4.36. The standard InChI is InChI=1S/C17H24N2O3/c1-3-13-10-19(11(2)20)15-9-12(6-7-16(15)22-13)17(21)14-5-4-8-18-14/h6-7,9,13-14,17-18,21H,3-5,8,10H2,1-2H3. The first-order chi connectivity index (χ1) is 10.6. The second kappa shape index (κ2) is 6.26. The van der Waals surface area contributed by atoms with E-state index in [1.165, 1.54) is 0 Å². The molecule has 1 saturated heterocycles. The third-order valence-electron chi connectivity index (χ3n) is 4.61. The van der Waals surface area contributed by atoms with Crippen LogP contribution in [-0.4, -0.2) is 36.2 Å². The molecule has 3 rings (SSSR count). The third kappa shape index (κ3) is 2.83. The van der Waals surface area contributed by atoms with Crippen LogP contribution in [0.4, 0.5) is 5.69 Å². The average Bonchev–Trinajstić information content (AvgIpc) is 3.06. The van der Waals surface area contributed by atoms with E-state index in [0.717, 1.165) is 42.8 Å².